The highest BCUT2D eigenvalue weighted by Crippen LogP contribution is 2.39. The van der Waals surface area contributed by atoms with Crippen LogP contribution in [0, 0.1) is 12.7 Å². The quantitative estimate of drug-likeness (QED) is 0.541. The van der Waals surface area contributed by atoms with E-state index in [1.165, 1.54) is 6.33 Å². The number of aryl methyl sites for hydroxylation is 1. The smallest absolute Gasteiger partial charge is 0.266 e. The molecule has 4 rings (SSSR count). The van der Waals surface area contributed by atoms with Gasteiger partial charge in [-0.15, -0.1) is 0 Å². The van der Waals surface area contributed by atoms with Crippen LogP contribution in [-0.2, 0) is 12.8 Å². The molecule has 0 aliphatic heterocycles. The van der Waals surface area contributed by atoms with Gasteiger partial charge in [-0.3, -0.25) is 0 Å². The van der Waals surface area contributed by atoms with Crippen molar-refractivity contribution in [2.45, 2.75) is 77.2 Å². The number of aromatic nitrogens is 3. The Bertz CT molecular complexity index is 1150. The first kappa shape index (κ1) is 23.5. The minimum absolute atomic E-state index is 0.130. The molecule has 2 aromatic heterocycles. The average Bonchev–Trinajstić information content (AvgIpc) is 3.33. The Morgan fingerprint density at radius 1 is 1.18 bits per heavy atom. The minimum atomic E-state index is -2.99. The van der Waals surface area contributed by atoms with Crippen LogP contribution >= 0.6 is 0 Å². The molecule has 1 aliphatic rings. The molecule has 33 heavy (non-hydrogen) atoms. The second-order valence-electron chi connectivity index (χ2n) is 8.50. The van der Waals surface area contributed by atoms with Gasteiger partial charge in [0.2, 0.25) is 0 Å². The monoisotopic (exact) mass is 463 g/mol. The van der Waals surface area contributed by atoms with Crippen molar-refractivity contribution in [2.75, 3.05) is 0 Å². The molecule has 2 heterocycles. The van der Waals surface area contributed by atoms with Gasteiger partial charge in [-0.2, -0.15) is 0 Å². The van der Waals surface area contributed by atoms with Crippen molar-refractivity contribution in [3.8, 4) is 5.75 Å². The summed E-state index contributed by atoms with van der Waals surface area (Å²) < 4.78 is 49.7. The molecule has 2 N–H and O–H groups in total. The Hall–Kier alpha value is -2.65. The second-order valence-corrected chi connectivity index (χ2v) is 8.50. The summed E-state index contributed by atoms with van der Waals surface area (Å²) >= 11 is 0. The largest absolute Gasteiger partial charge is 0.487 e. The van der Waals surface area contributed by atoms with E-state index in [4.69, 9.17) is 4.74 Å². The number of ether oxygens (including phenoxy) is 1. The summed E-state index contributed by atoms with van der Waals surface area (Å²) in [6, 6.07) is 2.34. The topological polar surface area (TPSA) is 80.4 Å². The summed E-state index contributed by atoms with van der Waals surface area (Å²) in [5.74, 6) is -0.764. The van der Waals surface area contributed by atoms with Crippen LogP contribution < -0.4 is 4.74 Å². The molecule has 6 nitrogen and oxygen atoms in total. The molecule has 4 atom stereocenters. The number of halogens is 3. The lowest BCUT2D eigenvalue weighted by atomic mass is 9.96. The molecule has 0 bridgehead atoms. The molecule has 0 spiro atoms. The number of fused-ring (bicyclic) bond motifs is 1. The third-order valence-corrected chi connectivity index (χ3v) is 6.50. The summed E-state index contributed by atoms with van der Waals surface area (Å²) in [6.07, 6.45) is -1.54. The molecule has 1 saturated carbocycles. The third-order valence-electron chi connectivity index (χ3n) is 6.50. The maximum atomic E-state index is 14.8. The van der Waals surface area contributed by atoms with Gasteiger partial charge in [-0.05, 0) is 43.0 Å². The number of aliphatic hydroxyl groups is 2. The normalized spacial score (nSPS) is 23.1. The molecule has 9 heteroatoms. The van der Waals surface area contributed by atoms with E-state index in [1.807, 2.05) is 19.9 Å². The van der Waals surface area contributed by atoms with Crippen molar-refractivity contribution < 1.29 is 28.1 Å². The first-order chi connectivity index (χ1) is 15.8. The first-order valence-corrected chi connectivity index (χ1v) is 11.2. The van der Waals surface area contributed by atoms with Crippen LogP contribution in [0.1, 0.15) is 61.5 Å². The lowest BCUT2D eigenvalue weighted by molar-refractivity contribution is -0.0167. The number of benzene rings is 1. The van der Waals surface area contributed by atoms with Crippen LogP contribution in [0.5, 0.6) is 5.75 Å². The van der Waals surface area contributed by atoms with Gasteiger partial charge >= 0.3 is 0 Å². The summed E-state index contributed by atoms with van der Waals surface area (Å²) in [7, 11) is 0. The molecule has 2 unspecified atom stereocenters. The van der Waals surface area contributed by atoms with E-state index >= 15 is 0 Å². The summed E-state index contributed by atoms with van der Waals surface area (Å²) in [5, 5.41) is 22.4. The Kier molecular flexibility index (Phi) is 6.63. The van der Waals surface area contributed by atoms with Crippen molar-refractivity contribution >= 4 is 11.0 Å². The minimum Gasteiger partial charge on any atom is -0.487 e. The fraction of sp³-hybridized carbons (Fsp3) is 0.500. The van der Waals surface area contributed by atoms with Crippen LogP contribution in [0.4, 0.5) is 13.2 Å². The molecule has 1 aromatic carbocycles. The van der Waals surface area contributed by atoms with E-state index in [-0.39, 0.29) is 17.7 Å². The fourth-order valence-electron chi connectivity index (χ4n) is 4.80. The molecular weight excluding hydrogens is 435 g/mol. The van der Waals surface area contributed by atoms with Crippen molar-refractivity contribution in [3.63, 3.8) is 0 Å². The zero-order valence-electron chi connectivity index (χ0n) is 18.8. The Morgan fingerprint density at radius 3 is 2.61 bits per heavy atom. The number of nitrogens with zero attached hydrogens (tertiary/aromatic N) is 3. The van der Waals surface area contributed by atoms with Crippen LogP contribution in [0.3, 0.4) is 0 Å². The van der Waals surface area contributed by atoms with Crippen molar-refractivity contribution in [3.05, 3.63) is 52.9 Å². The van der Waals surface area contributed by atoms with Gasteiger partial charge in [0.25, 0.3) is 6.43 Å². The fourth-order valence-corrected chi connectivity index (χ4v) is 4.80. The van der Waals surface area contributed by atoms with E-state index in [0.29, 0.717) is 30.5 Å². The highest BCUT2D eigenvalue weighted by Gasteiger charge is 2.44. The van der Waals surface area contributed by atoms with E-state index in [2.05, 4.69) is 9.97 Å². The molecule has 178 valence electrons. The van der Waals surface area contributed by atoms with Crippen molar-refractivity contribution in [1.29, 1.82) is 0 Å². The first-order valence-electron chi connectivity index (χ1n) is 11.2. The van der Waals surface area contributed by atoms with Gasteiger partial charge in [-0.25, -0.2) is 23.1 Å². The maximum absolute atomic E-state index is 14.8. The van der Waals surface area contributed by atoms with Crippen molar-refractivity contribution in [2.24, 2.45) is 0 Å². The zero-order chi connectivity index (χ0) is 23.9. The van der Waals surface area contributed by atoms with Gasteiger partial charge in [0.05, 0.1) is 17.3 Å². The van der Waals surface area contributed by atoms with Crippen molar-refractivity contribution in [1.82, 2.24) is 14.5 Å². The van der Waals surface area contributed by atoms with Crippen LogP contribution in [0.2, 0.25) is 0 Å². The Morgan fingerprint density at radius 2 is 1.94 bits per heavy atom. The summed E-state index contributed by atoms with van der Waals surface area (Å²) in [5.41, 5.74) is 1.44. The number of alkyl halides is 2. The van der Waals surface area contributed by atoms with Gasteiger partial charge < -0.3 is 19.5 Å². The number of hydrogen-bond donors (Lipinski definition) is 2. The molecule has 0 amide bonds. The molecule has 0 radical (unpaired) electrons. The standard InChI is InChI=1S/C24H28F3N3O3/c1-4-6-15-13(5-2)18(9-16(20(15)25)23(26)27)33-19-10-17(21(31)22(19)32)30-8-7-14-12(3)28-11-29-24(14)30/h7-9,11,17,19,21-23,31-32H,4-6,10H2,1-3H3/t17?,19?,21-,22+/m0/s1. The molecule has 1 aliphatic carbocycles. The SMILES string of the molecule is CCCc1c(F)c(C(F)F)cc(OC2CC(n3ccc4c(C)ncnc43)[C@H](O)[C@@H]2O)c1CC. The van der Waals surface area contributed by atoms with E-state index in [9.17, 15) is 23.4 Å². The number of aliphatic hydroxyl groups excluding tert-OH is 2. The van der Waals surface area contributed by atoms with E-state index in [1.54, 1.807) is 17.7 Å². The summed E-state index contributed by atoms with van der Waals surface area (Å²) in [4.78, 5) is 8.48. The number of rotatable bonds is 7. The van der Waals surface area contributed by atoms with E-state index in [0.717, 1.165) is 17.1 Å². The Labute approximate surface area is 190 Å². The predicted molar refractivity (Wildman–Crippen MR) is 117 cm³/mol. The molecule has 1 fully saturated rings. The van der Waals surface area contributed by atoms with E-state index < -0.39 is 42.2 Å². The van der Waals surface area contributed by atoms with Gasteiger partial charge in [-0.1, -0.05) is 20.3 Å². The lowest BCUT2D eigenvalue weighted by Gasteiger charge is -2.23. The van der Waals surface area contributed by atoms with Crippen LogP contribution in [-0.4, -0.2) is 43.1 Å². The second kappa shape index (κ2) is 9.30. The maximum Gasteiger partial charge on any atom is 0.266 e. The van der Waals surface area contributed by atoms with Crippen LogP contribution in [0.15, 0.2) is 24.7 Å². The Balaban J connectivity index is 1.69. The molecule has 3 aromatic rings. The molecule has 0 saturated heterocycles. The number of hydrogen-bond acceptors (Lipinski definition) is 5. The third kappa shape index (κ3) is 4.08. The lowest BCUT2D eigenvalue weighted by Crippen LogP contribution is -2.34. The van der Waals surface area contributed by atoms with Gasteiger partial charge in [0.1, 0.15) is 41.9 Å². The zero-order valence-corrected chi connectivity index (χ0v) is 18.8. The highest BCUT2D eigenvalue weighted by atomic mass is 19.3. The predicted octanol–water partition coefficient (Wildman–Crippen LogP) is 4.45. The average molecular weight is 464 g/mol. The molecular formula is C24H28F3N3O3. The van der Waals surface area contributed by atoms with Gasteiger partial charge in [0.15, 0.2) is 0 Å². The highest BCUT2D eigenvalue weighted by molar-refractivity contribution is 5.78. The van der Waals surface area contributed by atoms with Crippen LogP contribution in [0.25, 0.3) is 11.0 Å². The summed E-state index contributed by atoms with van der Waals surface area (Å²) in [6.45, 7) is 5.51. The van der Waals surface area contributed by atoms with Gasteiger partial charge in [0, 0.05) is 18.0 Å².